The Kier molecular flexibility index (Phi) is 6.08. The Labute approximate surface area is 167 Å². The summed E-state index contributed by atoms with van der Waals surface area (Å²) in [5.41, 5.74) is 0.303. The molecule has 1 aliphatic heterocycles. The van der Waals surface area contributed by atoms with Crippen LogP contribution in [0.4, 0.5) is 4.39 Å². The molecule has 0 N–H and O–H groups in total. The summed E-state index contributed by atoms with van der Waals surface area (Å²) in [7, 11) is -3.54. The second-order valence-electron chi connectivity index (χ2n) is 6.45. The molecule has 0 bridgehead atoms. The van der Waals surface area contributed by atoms with Gasteiger partial charge in [-0.2, -0.15) is 0 Å². The number of carbonyl (C=O) groups is 1. The monoisotopic (exact) mass is 429 g/mol. The minimum absolute atomic E-state index is 0.0777. The third kappa shape index (κ3) is 4.45. The van der Waals surface area contributed by atoms with E-state index in [1.54, 1.807) is 6.07 Å². The first-order valence-corrected chi connectivity index (χ1v) is 10.8. The normalized spacial score (nSPS) is 17.3. The van der Waals surface area contributed by atoms with E-state index in [9.17, 15) is 17.6 Å². The molecule has 1 aliphatic rings. The van der Waals surface area contributed by atoms with Gasteiger partial charge in [0.2, 0.25) is 5.91 Å². The van der Waals surface area contributed by atoms with Crippen molar-refractivity contribution in [1.29, 1.82) is 0 Å². The zero-order chi connectivity index (χ0) is 19.6. The maximum atomic E-state index is 13.8. The first-order chi connectivity index (χ1) is 12.8. The van der Waals surface area contributed by atoms with E-state index in [1.807, 2.05) is 0 Å². The SMILES string of the molecule is O=C(CCc1c(F)cccc1Cl)N1CCC(S(=O)(=O)c2ccc(Cl)cc2)C1. The second kappa shape index (κ2) is 8.17. The molecule has 0 aromatic heterocycles. The molecule has 0 aliphatic carbocycles. The van der Waals surface area contributed by atoms with E-state index in [-0.39, 0.29) is 35.2 Å². The van der Waals surface area contributed by atoms with Crippen LogP contribution in [0.15, 0.2) is 47.4 Å². The molecule has 3 rings (SSSR count). The number of carbonyl (C=O) groups excluding carboxylic acids is 1. The lowest BCUT2D eigenvalue weighted by atomic mass is 10.1. The lowest BCUT2D eigenvalue weighted by Gasteiger charge is -2.17. The van der Waals surface area contributed by atoms with E-state index in [0.717, 1.165) is 0 Å². The van der Waals surface area contributed by atoms with Crippen molar-refractivity contribution in [3.8, 4) is 0 Å². The second-order valence-corrected chi connectivity index (χ2v) is 9.52. The Morgan fingerprint density at radius 2 is 1.85 bits per heavy atom. The van der Waals surface area contributed by atoms with Gasteiger partial charge in [-0.1, -0.05) is 29.3 Å². The Bertz CT molecular complexity index is 928. The highest BCUT2D eigenvalue weighted by Crippen LogP contribution is 2.26. The molecule has 0 saturated carbocycles. The zero-order valence-electron chi connectivity index (χ0n) is 14.4. The van der Waals surface area contributed by atoms with E-state index in [0.29, 0.717) is 23.6 Å². The molecule has 27 heavy (non-hydrogen) atoms. The summed E-state index contributed by atoms with van der Waals surface area (Å²) in [5.74, 6) is -0.650. The van der Waals surface area contributed by atoms with Gasteiger partial charge in [0, 0.05) is 35.1 Å². The van der Waals surface area contributed by atoms with Crippen LogP contribution < -0.4 is 0 Å². The first-order valence-electron chi connectivity index (χ1n) is 8.49. The molecular weight excluding hydrogens is 412 g/mol. The van der Waals surface area contributed by atoms with E-state index < -0.39 is 20.9 Å². The van der Waals surface area contributed by atoms with Gasteiger partial charge in [0.05, 0.1) is 10.1 Å². The largest absolute Gasteiger partial charge is 0.341 e. The summed E-state index contributed by atoms with van der Waals surface area (Å²) in [6, 6.07) is 10.4. The van der Waals surface area contributed by atoms with Gasteiger partial charge in [0.25, 0.3) is 0 Å². The minimum atomic E-state index is -3.54. The molecule has 0 spiro atoms. The molecule has 2 aromatic carbocycles. The molecule has 1 unspecified atom stereocenters. The lowest BCUT2D eigenvalue weighted by molar-refractivity contribution is -0.130. The van der Waals surface area contributed by atoms with Crippen LogP contribution in [0.2, 0.25) is 10.0 Å². The molecule has 2 aromatic rings. The molecule has 1 atom stereocenters. The van der Waals surface area contributed by atoms with Crippen molar-refractivity contribution in [2.24, 2.45) is 0 Å². The van der Waals surface area contributed by atoms with Gasteiger partial charge in [0.1, 0.15) is 5.82 Å². The van der Waals surface area contributed by atoms with Crippen LogP contribution in [0.5, 0.6) is 0 Å². The summed E-state index contributed by atoms with van der Waals surface area (Å²) >= 11 is 11.8. The summed E-state index contributed by atoms with van der Waals surface area (Å²) < 4.78 is 39.3. The van der Waals surface area contributed by atoms with Crippen LogP contribution >= 0.6 is 23.2 Å². The van der Waals surface area contributed by atoms with Crippen LogP contribution in [-0.4, -0.2) is 37.6 Å². The van der Waals surface area contributed by atoms with Gasteiger partial charge in [-0.25, -0.2) is 12.8 Å². The van der Waals surface area contributed by atoms with Crippen molar-refractivity contribution in [2.45, 2.75) is 29.4 Å². The maximum Gasteiger partial charge on any atom is 0.222 e. The fourth-order valence-corrected chi connectivity index (χ4v) is 5.26. The number of hydrogen-bond acceptors (Lipinski definition) is 3. The molecule has 8 heteroatoms. The topological polar surface area (TPSA) is 54.5 Å². The van der Waals surface area contributed by atoms with Crippen molar-refractivity contribution in [3.05, 3.63) is 63.9 Å². The van der Waals surface area contributed by atoms with Crippen molar-refractivity contribution in [2.75, 3.05) is 13.1 Å². The molecule has 1 heterocycles. The summed E-state index contributed by atoms with van der Waals surface area (Å²) in [6.45, 7) is 0.496. The van der Waals surface area contributed by atoms with Crippen molar-refractivity contribution in [1.82, 2.24) is 4.90 Å². The van der Waals surface area contributed by atoms with E-state index in [2.05, 4.69) is 0 Å². The molecule has 144 valence electrons. The van der Waals surface area contributed by atoms with Crippen LogP contribution in [-0.2, 0) is 21.1 Å². The first kappa shape index (κ1) is 20.1. The third-order valence-electron chi connectivity index (χ3n) is 4.73. The Morgan fingerprint density at radius 1 is 1.15 bits per heavy atom. The summed E-state index contributed by atoms with van der Waals surface area (Å²) in [6.07, 6.45) is 0.626. The van der Waals surface area contributed by atoms with Gasteiger partial charge < -0.3 is 4.90 Å². The average Bonchev–Trinajstić information content (AvgIpc) is 3.12. The maximum absolute atomic E-state index is 13.8. The number of sulfone groups is 1. The molecule has 0 radical (unpaired) electrons. The third-order valence-corrected chi connectivity index (χ3v) is 7.53. The summed E-state index contributed by atoms with van der Waals surface area (Å²) in [5, 5.41) is 0.0936. The van der Waals surface area contributed by atoms with Crippen molar-refractivity contribution >= 4 is 38.9 Å². The Balaban J connectivity index is 1.63. The van der Waals surface area contributed by atoms with Gasteiger partial charge in [-0.05, 0) is 49.2 Å². The van der Waals surface area contributed by atoms with Gasteiger partial charge in [0.15, 0.2) is 9.84 Å². The number of rotatable bonds is 5. The number of benzene rings is 2. The minimum Gasteiger partial charge on any atom is -0.341 e. The van der Waals surface area contributed by atoms with Crippen LogP contribution in [0.25, 0.3) is 0 Å². The fraction of sp³-hybridized carbons (Fsp3) is 0.316. The quantitative estimate of drug-likeness (QED) is 0.717. The number of hydrogen-bond donors (Lipinski definition) is 0. The highest BCUT2D eigenvalue weighted by molar-refractivity contribution is 7.92. The van der Waals surface area contributed by atoms with E-state index in [4.69, 9.17) is 23.2 Å². The van der Waals surface area contributed by atoms with Gasteiger partial charge in [-0.3, -0.25) is 4.79 Å². The van der Waals surface area contributed by atoms with Crippen LogP contribution in [0, 0.1) is 5.82 Å². The van der Waals surface area contributed by atoms with Crippen molar-refractivity contribution < 1.29 is 17.6 Å². The average molecular weight is 430 g/mol. The lowest BCUT2D eigenvalue weighted by Crippen LogP contribution is -2.32. The van der Waals surface area contributed by atoms with Crippen molar-refractivity contribution in [3.63, 3.8) is 0 Å². The number of amides is 1. The molecule has 1 saturated heterocycles. The Hall–Kier alpha value is -1.63. The smallest absolute Gasteiger partial charge is 0.222 e. The number of likely N-dealkylation sites (tertiary alicyclic amines) is 1. The molecule has 4 nitrogen and oxygen atoms in total. The van der Waals surface area contributed by atoms with E-state index in [1.165, 1.54) is 41.3 Å². The fourth-order valence-electron chi connectivity index (χ4n) is 3.19. The van der Waals surface area contributed by atoms with Crippen LogP contribution in [0.3, 0.4) is 0 Å². The molecule has 1 fully saturated rings. The highest BCUT2D eigenvalue weighted by Gasteiger charge is 2.36. The highest BCUT2D eigenvalue weighted by atomic mass is 35.5. The number of halogens is 3. The zero-order valence-corrected chi connectivity index (χ0v) is 16.7. The number of nitrogens with zero attached hydrogens (tertiary/aromatic N) is 1. The van der Waals surface area contributed by atoms with Gasteiger partial charge >= 0.3 is 0 Å². The predicted molar refractivity (Wildman–Crippen MR) is 103 cm³/mol. The standard InChI is InChI=1S/C19H18Cl2FNO3S/c20-13-4-6-14(7-5-13)27(25,26)15-10-11-23(12-15)19(24)9-8-16-17(21)2-1-3-18(16)22/h1-7,15H,8-12H2. The summed E-state index contributed by atoms with van der Waals surface area (Å²) in [4.78, 5) is 14.2. The molecule has 1 amide bonds. The van der Waals surface area contributed by atoms with E-state index >= 15 is 0 Å². The predicted octanol–water partition coefficient (Wildman–Crippen LogP) is 4.14. The molecular formula is C19H18Cl2FNO3S. The van der Waals surface area contributed by atoms with Crippen LogP contribution in [0.1, 0.15) is 18.4 Å². The Morgan fingerprint density at radius 3 is 2.52 bits per heavy atom. The van der Waals surface area contributed by atoms with Gasteiger partial charge in [-0.15, -0.1) is 0 Å².